The van der Waals surface area contributed by atoms with Crippen molar-refractivity contribution < 1.29 is 13.7 Å². The first kappa shape index (κ1) is 18.0. The number of rotatable bonds is 4. The Hall–Kier alpha value is -3.39. The first-order valence-electron chi connectivity index (χ1n) is 8.41. The summed E-state index contributed by atoms with van der Waals surface area (Å²) in [6.07, 6.45) is 3.06. The standard InChI is InChI=1S/C20H18N4O3S/c1-27-20(25)12-7-8-15-16(9-12)24-19-17(15)18(21-11-22-19)23-13-5-4-6-14(10-13)28(2,3)26/h4-11H,2H2,1,3H3,(H2,21,22,23,24). The Labute approximate surface area is 161 Å². The second kappa shape index (κ2) is 6.65. The van der Waals surface area contributed by atoms with Crippen LogP contribution < -0.4 is 5.32 Å². The molecule has 4 aromatic rings. The van der Waals surface area contributed by atoms with Crippen molar-refractivity contribution in [2.24, 2.45) is 0 Å². The quantitative estimate of drug-likeness (QED) is 0.407. The molecule has 7 nitrogen and oxygen atoms in total. The van der Waals surface area contributed by atoms with Gasteiger partial charge in [-0.05, 0) is 45.7 Å². The van der Waals surface area contributed by atoms with E-state index in [2.05, 4.69) is 26.1 Å². The smallest absolute Gasteiger partial charge is 0.337 e. The predicted molar refractivity (Wildman–Crippen MR) is 112 cm³/mol. The van der Waals surface area contributed by atoms with Gasteiger partial charge in [0.1, 0.15) is 17.8 Å². The number of hydrogen-bond donors (Lipinski definition) is 2. The minimum Gasteiger partial charge on any atom is -0.465 e. The highest BCUT2D eigenvalue weighted by atomic mass is 32.2. The second-order valence-corrected chi connectivity index (χ2v) is 8.96. The Bertz CT molecular complexity index is 1330. The van der Waals surface area contributed by atoms with Gasteiger partial charge in [-0.3, -0.25) is 4.21 Å². The maximum Gasteiger partial charge on any atom is 0.337 e. The molecule has 1 atom stereocenters. The molecular formula is C20H18N4O3S. The van der Waals surface area contributed by atoms with Crippen LogP contribution >= 0.6 is 0 Å². The Balaban J connectivity index is 1.83. The SMILES string of the molecule is C=S(C)(=O)c1cccc(Nc2ncnc3[nH]c4cc(C(=O)OC)ccc4c23)c1. The fourth-order valence-electron chi connectivity index (χ4n) is 3.05. The molecule has 8 heteroatoms. The number of hydrogen-bond acceptors (Lipinski definition) is 6. The lowest BCUT2D eigenvalue weighted by Gasteiger charge is -2.09. The molecule has 0 fully saturated rings. The van der Waals surface area contributed by atoms with Crippen LogP contribution in [0.5, 0.6) is 0 Å². The highest BCUT2D eigenvalue weighted by Gasteiger charge is 2.14. The number of carbonyl (C=O) groups excluding carboxylic acids is 1. The van der Waals surface area contributed by atoms with Gasteiger partial charge < -0.3 is 15.0 Å². The third-order valence-corrected chi connectivity index (χ3v) is 5.66. The predicted octanol–water partition coefficient (Wildman–Crippen LogP) is 3.35. The normalized spacial score (nSPS) is 13.4. The van der Waals surface area contributed by atoms with Gasteiger partial charge in [0, 0.05) is 27.7 Å². The highest BCUT2D eigenvalue weighted by Crippen LogP contribution is 2.31. The van der Waals surface area contributed by atoms with Gasteiger partial charge in [0.15, 0.2) is 0 Å². The van der Waals surface area contributed by atoms with Gasteiger partial charge in [0.2, 0.25) is 0 Å². The summed E-state index contributed by atoms with van der Waals surface area (Å²) in [5.41, 5.74) is 2.59. The van der Waals surface area contributed by atoms with Crippen molar-refractivity contribution in [1.82, 2.24) is 15.0 Å². The van der Waals surface area contributed by atoms with E-state index in [-0.39, 0.29) is 0 Å². The van der Waals surface area contributed by atoms with Crippen LogP contribution in [0.1, 0.15) is 10.4 Å². The molecule has 0 saturated heterocycles. The van der Waals surface area contributed by atoms with E-state index in [1.165, 1.54) is 13.4 Å². The number of nitrogens with one attached hydrogen (secondary N) is 2. The average Bonchev–Trinajstić information content (AvgIpc) is 3.05. The van der Waals surface area contributed by atoms with Crippen LogP contribution in [0, 0.1) is 0 Å². The fourth-order valence-corrected chi connectivity index (χ4v) is 3.79. The zero-order valence-electron chi connectivity index (χ0n) is 15.4. The van der Waals surface area contributed by atoms with Crippen molar-refractivity contribution in [3.05, 3.63) is 54.4 Å². The van der Waals surface area contributed by atoms with E-state index in [0.29, 0.717) is 21.9 Å². The topological polar surface area (TPSA) is 97.0 Å². The van der Waals surface area contributed by atoms with Crippen molar-refractivity contribution >= 4 is 54.8 Å². The van der Waals surface area contributed by atoms with Crippen molar-refractivity contribution in [2.75, 3.05) is 18.7 Å². The summed E-state index contributed by atoms with van der Waals surface area (Å²) in [7, 11) is -0.975. The Morgan fingerprint density at radius 1 is 1.21 bits per heavy atom. The van der Waals surface area contributed by atoms with E-state index in [0.717, 1.165) is 22.0 Å². The largest absolute Gasteiger partial charge is 0.465 e. The first-order valence-corrected chi connectivity index (χ1v) is 10.5. The molecule has 1 unspecified atom stereocenters. The average molecular weight is 394 g/mol. The Kier molecular flexibility index (Phi) is 4.27. The van der Waals surface area contributed by atoms with E-state index >= 15 is 0 Å². The fraction of sp³-hybridized carbons (Fsp3) is 0.100. The molecule has 2 aromatic carbocycles. The monoisotopic (exact) mass is 394 g/mol. The number of aromatic amines is 1. The number of esters is 1. The number of benzene rings is 2. The van der Waals surface area contributed by atoms with E-state index in [1.807, 2.05) is 18.2 Å². The molecule has 0 radical (unpaired) electrons. The first-order chi connectivity index (χ1) is 13.4. The van der Waals surface area contributed by atoms with Gasteiger partial charge in [0.05, 0.1) is 18.1 Å². The minimum absolute atomic E-state index is 0.404. The summed E-state index contributed by atoms with van der Waals surface area (Å²) in [6, 6.07) is 12.5. The number of anilines is 2. The van der Waals surface area contributed by atoms with Crippen LogP contribution in [-0.4, -0.2) is 44.4 Å². The Morgan fingerprint density at radius 3 is 2.79 bits per heavy atom. The molecule has 2 heterocycles. The zero-order valence-corrected chi connectivity index (χ0v) is 16.2. The van der Waals surface area contributed by atoms with Crippen LogP contribution in [0.15, 0.2) is 53.7 Å². The van der Waals surface area contributed by atoms with Gasteiger partial charge in [-0.15, -0.1) is 0 Å². The van der Waals surface area contributed by atoms with Crippen LogP contribution in [0.25, 0.3) is 21.9 Å². The third kappa shape index (κ3) is 3.18. The molecule has 0 aliphatic carbocycles. The molecule has 4 rings (SSSR count). The molecule has 142 valence electrons. The van der Waals surface area contributed by atoms with Gasteiger partial charge in [-0.2, -0.15) is 0 Å². The van der Waals surface area contributed by atoms with Gasteiger partial charge >= 0.3 is 5.97 Å². The molecule has 28 heavy (non-hydrogen) atoms. The van der Waals surface area contributed by atoms with Crippen LogP contribution in [0.3, 0.4) is 0 Å². The summed E-state index contributed by atoms with van der Waals surface area (Å²) < 4.78 is 17.0. The van der Waals surface area contributed by atoms with Crippen molar-refractivity contribution in [3.8, 4) is 0 Å². The van der Waals surface area contributed by atoms with E-state index in [9.17, 15) is 9.00 Å². The number of methoxy groups -OCH3 is 1. The van der Waals surface area contributed by atoms with Gasteiger partial charge in [-0.25, -0.2) is 14.8 Å². The number of H-pyrrole nitrogens is 1. The van der Waals surface area contributed by atoms with Crippen molar-refractivity contribution in [1.29, 1.82) is 0 Å². The second-order valence-electron chi connectivity index (χ2n) is 6.48. The number of aromatic nitrogens is 3. The molecule has 0 saturated carbocycles. The lowest BCUT2D eigenvalue weighted by atomic mass is 10.1. The number of fused-ring (bicyclic) bond motifs is 3. The number of carbonyl (C=O) groups is 1. The highest BCUT2D eigenvalue weighted by molar-refractivity contribution is 7.99. The lowest BCUT2D eigenvalue weighted by Crippen LogP contribution is -2.00. The summed E-state index contributed by atoms with van der Waals surface area (Å²) in [6.45, 7) is 0. The van der Waals surface area contributed by atoms with E-state index in [1.54, 1.807) is 30.5 Å². The molecule has 0 aliphatic heterocycles. The third-order valence-electron chi connectivity index (χ3n) is 4.41. The summed E-state index contributed by atoms with van der Waals surface area (Å²) in [4.78, 5) is 24.3. The van der Waals surface area contributed by atoms with Crippen LogP contribution in [-0.2, 0) is 14.3 Å². The summed E-state index contributed by atoms with van der Waals surface area (Å²) >= 11 is 0. The summed E-state index contributed by atoms with van der Waals surface area (Å²) in [5, 5.41) is 4.94. The zero-order chi connectivity index (χ0) is 19.9. The molecule has 2 N–H and O–H groups in total. The van der Waals surface area contributed by atoms with Crippen molar-refractivity contribution in [3.63, 3.8) is 0 Å². The molecule has 0 bridgehead atoms. The lowest BCUT2D eigenvalue weighted by molar-refractivity contribution is 0.0601. The number of nitrogens with zero attached hydrogens (tertiary/aromatic N) is 2. The van der Waals surface area contributed by atoms with Crippen LogP contribution in [0.4, 0.5) is 11.5 Å². The van der Waals surface area contributed by atoms with Crippen molar-refractivity contribution in [2.45, 2.75) is 4.90 Å². The van der Waals surface area contributed by atoms with Crippen LogP contribution in [0.2, 0.25) is 0 Å². The molecule has 0 spiro atoms. The number of ether oxygens (including phenoxy) is 1. The van der Waals surface area contributed by atoms with E-state index in [4.69, 9.17) is 4.74 Å². The Morgan fingerprint density at radius 2 is 2.04 bits per heavy atom. The molecule has 0 aliphatic rings. The summed E-state index contributed by atoms with van der Waals surface area (Å²) in [5.74, 6) is 3.93. The van der Waals surface area contributed by atoms with E-state index < -0.39 is 15.5 Å². The molecule has 0 amide bonds. The van der Waals surface area contributed by atoms with Gasteiger partial charge in [0.25, 0.3) is 0 Å². The van der Waals surface area contributed by atoms with Gasteiger partial charge in [-0.1, -0.05) is 12.1 Å². The molecular weight excluding hydrogens is 376 g/mol. The maximum absolute atomic E-state index is 12.2. The minimum atomic E-state index is -2.32. The molecule has 2 aromatic heterocycles. The maximum atomic E-state index is 12.2.